The third-order valence-corrected chi connectivity index (χ3v) is 2.26. The molecule has 1 atom stereocenters. The molecular formula is C8H12O3S. The fourth-order valence-corrected chi connectivity index (χ4v) is 1.37. The van der Waals surface area contributed by atoms with E-state index in [9.17, 15) is 9.59 Å². The van der Waals surface area contributed by atoms with Gasteiger partial charge in [-0.1, -0.05) is 17.8 Å². The molecule has 1 unspecified atom stereocenters. The highest BCUT2D eigenvalue weighted by Crippen LogP contribution is 2.13. The van der Waals surface area contributed by atoms with Crippen LogP contribution in [0.15, 0.2) is 12.7 Å². The molecule has 0 fully saturated rings. The van der Waals surface area contributed by atoms with Crippen molar-refractivity contribution in [3.63, 3.8) is 0 Å². The van der Waals surface area contributed by atoms with Gasteiger partial charge in [0.15, 0.2) is 5.12 Å². The standard InChI is InChI=1S/C8H12O3S/c1-3-4-7(8(10)11)5-12-6(2)9/h3,7H,1,4-5H2,2H3,(H,10,11). The van der Waals surface area contributed by atoms with Gasteiger partial charge < -0.3 is 5.11 Å². The van der Waals surface area contributed by atoms with Crippen molar-refractivity contribution >= 4 is 22.8 Å². The van der Waals surface area contributed by atoms with Crippen molar-refractivity contribution in [2.75, 3.05) is 5.75 Å². The van der Waals surface area contributed by atoms with Crippen LogP contribution < -0.4 is 0 Å². The van der Waals surface area contributed by atoms with Crippen LogP contribution in [0, 0.1) is 5.92 Å². The lowest BCUT2D eigenvalue weighted by molar-refractivity contribution is -0.140. The Morgan fingerprint density at radius 2 is 2.25 bits per heavy atom. The Balaban J connectivity index is 3.86. The highest BCUT2D eigenvalue weighted by atomic mass is 32.2. The smallest absolute Gasteiger partial charge is 0.307 e. The number of aliphatic carboxylic acids is 1. The van der Waals surface area contributed by atoms with E-state index in [2.05, 4.69) is 6.58 Å². The normalized spacial score (nSPS) is 12.1. The summed E-state index contributed by atoms with van der Waals surface area (Å²) in [6.07, 6.45) is 1.97. The quantitative estimate of drug-likeness (QED) is 0.665. The Labute approximate surface area is 75.8 Å². The van der Waals surface area contributed by atoms with E-state index in [4.69, 9.17) is 5.11 Å². The average molecular weight is 188 g/mol. The SMILES string of the molecule is C=CCC(CSC(C)=O)C(=O)O. The summed E-state index contributed by atoms with van der Waals surface area (Å²) in [5, 5.41) is 8.59. The molecule has 0 aliphatic heterocycles. The minimum absolute atomic E-state index is 0.0506. The first-order chi connectivity index (χ1) is 5.57. The molecule has 0 aromatic heterocycles. The highest BCUT2D eigenvalue weighted by Gasteiger charge is 2.16. The van der Waals surface area contributed by atoms with Crippen molar-refractivity contribution < 1.29 is 14.7 Å². The van der Waals surface area contributed by atoms with Crippen molar-refractivity contribution in [1.29, 1.82) is 0 Å². The summed E-state index contributed by atoms with van der Waals surface area (Å²) in [6, 6.07) is 0. The van der Waals surface area contributed by atoms with E-state index in [0.29, 0.717) is 12.2 Å². The van der Waals surface area contributed by atoms with Gasteiger partial charge in [-0.05, 0) is 6.42 Å². The molecule has 0 amide bonds. The largest absolute Gasteiger partial charge is 0.481 e. The number of hydrogen-bond donors (Lipinski definition) is 1. The van der Waals surface area contributed by atoms with Crippen LogP contribution in [-0.4, -0.2) is 21.9 Å². The molecule has 0 saturated carbocycles. The van der Waals surface area contributed by atoms with Gasteiger partial charge >= 0.3 is 5.97 Å². The fraction of sp³-hybridized carbons (Fsp3) is 0.500. The molecule has 0 rings (SSSR count). The number of hydrogen-bond acceptors (Lipinski definition) is 3. The molecule has 0 aromatic carbocycles. The number of carboxylic acid groups (broad SMARTS) is 1. The van der Waals surface area contributed by atoms with Gasteiger partial charge in [-0.25, -0.2) is 0 Å². The predicted molar refractivity (Wildman–Crippen MR) is 49.1 cm³/mol. The van der Waals surface area contributed by atoms with Gasteiger partial charge in [-0.2, -0.15) is 0 Å². The fourth-order valence-electron chi connectivity index (χ4n) is 0.659. The van der Waals surface area contributed by atoms with Crippen molar-refractivity contribution in [2.45, 2.75) is 13.3 Å². The third-order valence-electron chi connectivity index (χ3n) is 1.29. The maximum atomic E-state index is 10.5. The minimum Gasteiger partial charge on any atom is -0.481 e. The number of carboxylic acids is 1. The van der Waals surface area contributed by atoms with Crippen LogP contribution in [0.1, 0.15) is 13.3 Å². The molecule has 0 heterocycles. The van der Waals surface area contributed by atoms with Crippen LogP contribution in [0.2, 0.25) is 0 Å². The molecule has 0 aromatic rings. The molecule has 1 N–H and O–H groups in total. The van der Waals surface area contributed by atoms with Crippen LogP contribution in [0.5, 0.6) is 0 Å². The molecule has 4 heteroatoms. The second-order valence-corrected chi connectivity index (χ2v) is 3.56. The van der Waals surface area contributed by atoms with E-state index >= 15 is 0 Å². The zero-order valence-corrected chi connectivity index (χ0v) is 7.76. The van der Waals surface area contributed by atoms with Crippen molar-refractivity contribution in [3.05, 3.63) is 12.7 Å². The minimum atomic E-state index is -0.872. The van der Waals surface area contributed by atoms with Gasteiger partial charge in [0.25, 0.3) is 0 Å². The lowest BCUT2D eigenvalue weighted by Gasteiger charge is -2.06. The van der Waals surface area contributed by atoms with Gasteiger partial charge in [0.1, 0.15) is 0 Å². The van der Waals surface area contributed by atoms with Gasteiger partial charge in [0.2, 0.25) is 0 Å². The second kappa shape index (κ2) is 5.83. The first-order valence-electron chi connectivity index (χ1n) is 3.55. The summed E-state index contributed by atoms with van der Waals surface area (Å²) in [6.45, 7) is 4.88. The van der Waals surface area contributed by atoms with Gasteiger partial charge in [0.05, 0.1) is 5.92 Å². The molecule has 0 bridgehead atoms. The zero-order valence-electron chi connectivity index (χ0n) is 6.95. The summed E-state index contributed by atoms with van der Waals surface area (Å²) in [4.78, 5) is 21.0. The monoisotopic (exact) mass is 188 g/mol. The van der Waals surface area contributed by atoms with E-state index in [-0.39, 0.29) is 5.12 Å². The first-order valence-corrected chi connectivity index (χ1v) is 4.53. The maximum absolute atomic E-state index is 10.5. The van der Waals surface area contributed by atoms with Gasteiger partial charge in [-0.3, -0.25) is 9.59 Å². The second-order valence-electron chi connectivity index (χ2n) is 2.36. The number of rotatable bonds is 5. The number of thioether (sulfide) groups is 1. The molecule has 0 radical (unpaired) electrons. The topological polar surface area (TPSA) is 54.4 Å². The number of allylic oxidation sites excluding steroid dienone is 1. The molecule has 3 nitrogen and oxygen atoms in total. The first kappa shape index (κ1) is 11.2. The summed E-state index contributed by atoms with van der Waals surface area (Å²) in [5.41, 5.74) is 0. The Morgan fingerprint density at radius 3 is 2.58 bits per heavy atom. The van der Waals surface area contributed by atoms with E-state index < -0.39 is 11.9 Å². The summed E-state index contributed by atoms with van der Waals surface area (Å²) in [5.74, 6) is -1.03. The molecule has 12 heavy (non-hydrogen) atoms. The van der Waals surface area contributed by atoms with Gasteiger partial charge in [0, 0.05) is 12.7 Å². The highest BCUT2D eigenvalue weighted by molar-refractivity contribution is 8.13. The molecule has 0 spiro atoms. The zero-order chi connectivity index (χ0) is 9.56. The summed E-state index contributed by atoms with van der Waals surface area (Å²) in [7, 11) is 0. The van der Waals surface area contributed by atoms with Crippen LogP contribution in [0.25, 0.3) is 0 Å². The Morgan fingerprint density at radius 1 is 1.67 bits per heavy atom. The van der Waals surface area contributed by atoms with Crippen LogP contribution >= 0.6 is 11.8 Å². The lowest BCUT2D eigenvalue weighted by Crippen LogP contribution is -2.16. The molecule has 0 saturated heterocycles. The Hall–Kier alpha value is -0.770. The predicted octanol–water partition coefficient (Wildman–Crippen LogP) is 1.54. The van der Waals surface area contributed by atoms with E-state index in [0.717, 1.165) is 11.8 Å². The molecule has 0 aliphatic rings. The molecule has 0 aliphatic carbocycles. The molecule has 68 valence electrons. The van der Waals surface area contributed by atoms with Gasteiger partial charge in [-0.15, -0.1) is 6.58 Å². The van der Waals surface area contributed by atoms with Crippen molar-refractivity contribution in [2.24, 2.45) is 5.92 Å². The Bertz CT molecular complexity index is 189. The van der Waals surface area contributed by atoms with Crippen molar-refractivity contribution in [1.82, 2.24) is 0 Å². The number of carbonyl (C=O) groups excluding carboxylic acids is 1. The Kier molecular flexibility index (Phi) is 5.45. The van der Waals surface area contributed by atoms with Crippen LogP contribution in [-0.2, 0) is 9.59 Å². The van der Waals surface area contributed by atoms with Crippen molar-refractivity contribution in [3.8, 4) is 0 Å². The number of carbonyl (C=O) groups is 2. The average Bonchev–Trinajstić information content (AvgIpc) is 1.96. The van der Waals surface area contributed by atoms with E-state index in [1.54, 1.807) is 6.08 Å². The van der Waals surface area contributed by atoms with Crippen LogP contribution in [0.3, 0.4) is 0 Å². The maximum Gasteiger partial charge on any atom is 0.307 e. The molecular weight excluding hydrogens is 176 g/mol. The summed E-state index contributed by atoms with van der Waals surface area (Å²) >= 11 is 1.04. The third kappa shape index (κ3) is 4.96. The van der Waals surface area contributed by atoms with E-state index in [1.165, 1.54) is 6.92 Å². The van der Waals surface area contributed by atoms with Crippen LogP contribution in [0.4, 0.5) is 0 Å². The summed E-state index contributed by atoms with van der Waals surface area (Å²) < 4.78 is 0. The lowest BCUT2D eigenvalue weighted by atomic mass is 10.1. The van der Waals surface area contributed by atoms with E-state index in [1.807, 2.05) is 0 Å².